The van der Waals surface area contributed by atoms with Gasteiger partial charge in [-0.25, -0.2) is 0 Å². The quantitative estimate of drug-likeness (QED) is 0.686. The van der Waals surface area contributed by atoms with Gasteiger partial charge in [0.05, 0.1) is 0 Å². The highest BCUT2D eigenvalue weighted by molar-refractivity contribution is 6.33. The normalized spacial score (nSPS) is 28.4. The van der Waals surface area contributed by atoms with Crippen molar-refractivity contribution in [3.05, 3.63) is 0 Å². The molecule has 3 heteroatoms. The van der Waals surface area contributed by atoms with Crippen molar-refractivity contribution < 1.29 is 9.90 Å². The molecule has 0 atom stereocenters. The molecule has 1 aliphatic carbocycles. The zero-order chi connectivity index (χ0) is 11.2. The van der Waals surface area contributed by atoms with Gasteiger partial charge in [-0.15, -0.1) is 11.6 Å². The van der Waals surface area contributed by atoms with E-state index in [2.05, 4.69) is 27.7 Å². The van der Waals surface area contributed by atoms with Gasteiger partial charge in [0.15, 0.2) is 0 Å². The van der Waals surface area contributed by atoms with Crippen LogP contribution in [0.1, 0.15) is 47.0 Å². The van der Waals surface area contributed by atoms with Gasteiger partial charge in [-0.05, 0) is 30.1 Å². The van der Waals surface area contributed by atoms with Crippen molar-refractivity contribution in [2.45, 2.75) is 51.8 Å². The molecule has 1 N–H and O–H groups in total. The Bertz CT molecular complexity index is 240. The number of aliphatic carboxylic acids is 1. The second kappa shape index (κ2) is 3.13. The van der Waals surface area contributed by atoms with Crippen LogP contribution in [0.25, 0.3) is 0 Å². The first-order chi connectivity index (χ1) is 6.06. The Hall–Kier alpha value is -0.240. The first-order valence-corrected chi connectivity index (χ1v) is 5.37. The van der Waals surface area contributed by atoms with Gasteiger partial charge in [-0.1, -0.05) is 27.7 Å². The Morgan fingerprint density at radius 2 is 1.43 bits per heavy atom. The smallest absolute Gasteiger partial charge is 0.324 e. The van der Waals surface area contributed by atoms with Crippen LogP contribution in [-0.2, 0) is 4.79 Å². The molecule has 0 unspecified atom stereocenters. The van der Waals surface area contributed by atoms with Crippen LogP contribution in [-0.4, -0.2) is 16.0 Å². The fourth-order valence-corrected chi connectivity index (χ4v) is 3.87. The number of carbonyl (C=O) groups is 1. The van der Waals surface area contributed by atoms with Gasteiger partial charge in [-0.2, -0.15) is 0 Å². The Kier molecular flexibility index (Phi) is 2.64. The first kappa shape index (κ1) is 11.8. The minimum atomic E-state index is -1.06. The summed E-state index contributed by atoms with van der Waals surface area (Å²) in [5.74, 6) is -0.875. The van der Waals surface area contributed by atoms with Crippen molar-refractivity contribution in [2.75, 3.05) is 0 Å². The zero-order valence-corrected chi connectivity index (χ0v) is 10.1. The molecule has 2 nitrogen and oxygen atoms in total. The van der Waals surface area contributed by atoms with Crippen LogP contribution in [0.2, 0.25) is 0 Å². The van der Waals surface area contributed by atoms with Crippen LogP contribution in [0.3, 0.4) is 0 Å². The summed E-state index contributed by atoms with van der Waals surface area (Å²) in [6.45, 7) is 8.36. The molecule has 82 valence electrons. The lowest BCUT2D eigenvalue weighted by Crippen LogP contribution is -2.47. The lowest BCUT2D eigenvalue weighted by Gasteiger charge is -2.47. The maximum atomic E-state index is 11.1. The maximum absolute atomic E-state index is 11.1. The van der Waals surface area contributed by atoms with Crippen molar-refractivity contribution in [3.63, 3.8) is 0 Å². The predicted molar refractivity (Wildman–Crippen MR) is 57.6 cm³/mol. The molecule has 14 heavy (non-hydrogen) atoms. The van der Waals surface area contributed by atoms with Crippen molar-refractivity contribution in [2.24, 2.45) is 10.8 Å². The molecule has 0 radical (unpaired) electrons. The molecular weight excluding hydrogens is 200 g/mol. The number of hydrogen-bond donors (Lipinski definition) is 1. The monoisotopic (exact) mass is 218 g/mol. The summed E-state index contributed by atoms with van der Waals surface area (Å²) >= 11 is 6.18. The highest BCUT2D eigenvalue weighted by Crippen LogP contribution is 2.52. The molecule has 0 aromatic carbocycles. The highest BCUT2D eigenvalue weighted by Gasteiger charge is 2.50. The molecule has 0 aromatic rings. The number of carboxylic acid groups (broad SMARTS) is 1. The van der Waals surface area contributed by atoms with Gasteiger partial charge < -0.3 is 5.11 Å². The third-order valence-electron chi connectivity index (χ3n) is 2.86. The van der Waals surface area contributed by atoms with E-state index in [1.54, 1.807) is 0 Å². The van der Waals surface area contributed by atoms with E-state index in [0.29, 0.717) is 12.8 Å². The summed E-state index contributed by atoms with van der Waals surface area (Å²) < 4.78 is 0. The number of halogens is 1. The second-order valence-electron chi connectivity index (χ2n) is 6.13. The van der Waals surface area contributed by atoms with Gasteiger partial charge in [0.1, 0.15) is 4.87 Å². The van der Waals surface area contributed by atoms with Crippen LogP contribution in [0.15, 0.2) is 0 Å². The van der Waals surface area contributed by atoms with Crippen molar-refractivity contribution >= 4 is 17.6 Å². The van der Waals surface area contributed by atoms with E-state index >= 15 is 0 Å². The first-order valence-electron chi connectivity index (χ1n) is 4.99. The van der Waals surface area contributed by atoms with Crippen LogP contribution in [0, 0.1) is 10.8 Å². The molecule has 1 fully saturated rings. The van der Waals surface area contributed by atoms with Gasteiger partial charge in [0.25, 0.3) is 0 Å². The predicted octanol–water partition coefficient (Wildman–Crippen LogP) is 3.28. The van der Waals surface area contributed by atoms with E-state index in [1.165, 1.54) is 0 Å². The topological polar surface area (TPSA) is 37.3 Å². The molecule has 0 aliphatic heterocycles. The van der Waals surface area contributed by atoms with E-state index < -0.39 is 10.8 Å². The minimum absolute atomic E-state index is 0.0158. The highest BCUT2D eigenvalue weighted by atomic mass is 35.5. The molecule has 1 rings (SSSR count). The number of hydrogen-bond acceptors (Lipinski definition) is 1. The number of carboxylic acids is 1. The third-order valence-corrected chi connectivity index (χ3v) is 3.29. The molecule has 0 bridgehead atoms. The molecule has 0 heterocycles. The Morgan fingerprint density at radius 1 is 1.07 bits per heavy atom. The van der Waals surface area contributed by atoms with Crippen molar-refractivity contribution in [1.82, 2.24) is 0 Å². The molecule has 1 aliphatic rings. The van der Waals surface area contributed by atoms with Crippen LogP contribution < -0.4 is 0 Å². The molecule has 0 spiro atoms. The van der Waals surface area contributed by atoms with E-state index in [9.17, 15) is 4.79 Å². The Morgan fingerprint density at radius 3 is 1.71 bits per heavy atom. The van der Waals surface area contributed by atoms with Gasteiger partial charge in [-0.3, -0.25) is 4.79 Å². The lowest BCUT2D eigenvalue weighted by atomic mass is 9.61. The van der Waals surface area contributed by atoms with Crippen LogP contribution >= 0.6 is 11.6 Å². The average Bonchev–Trinajstić information content (AvgIpc) is 1.76. The third kappa shape index (κ3) is 2.41. The van der Waals surface area contributed by atoms with Crippen molar-refractivity contribution in [1.29, 1.82) is 0 Å². The van der Waals surface area contributed by atoms with E-state index in [1.807, 2.05) is 0 Å². The van der Waals surface area contributed by atoms with Gasteiger partial charge >= 0.3 is 5.97 Å². The standard InChI is InChI=1S/C11H19ClO2/c1-9(2)5-10(3,4)7-11(12,6-9)8(13)14/h5-7H2,1-4H3,(H,13,14). The fraction of sp³-hybridized carbons (Fsp3) is 0.909. The summed E-state index contributed by atoms with van der Waals surface area (Å²) in [5.41, 5.74) is 0.0315. The summed E-state index contributed by atoms with van der Waals surface area (Å²) in [6, 6.07) is 0. The zero-order valence-electron chi connectivity index (χ0n) is 9.35. The largest absolute Gasteiger partial charge is 0.480 e. The molecule has 0 aromatic heterocycles. The molecular formula is C11H19ClO2. The molecule has 0 amide bonds. The summed E-state index contributed by atoms with van der Waals surface area (Å²) in [5, 5.41) is 9.13. The van der Waals surface area contributed by atoms with Gasteiger partial charge in [0.2, 0.25) is 0 Å². The van der Waals surface area contributed by atoms with E-state index in [4.69, 9.17) is 16.7 Å². The number of rotatable bonds is 1. The Balaban J connectivity index is 2.97. The maximum Gasteiger partial charge on any atom is 0.324 e. The molecule has 1 saturated carbocycles. The van der Waals surface area contributed by atoms with Crippen LogP contribution in [0.5, 0.6) is 0 Å². The summed E-state index contributed by atoms with van der Waals surface area (Å²) in [6.07, 6.45) is 2.14. The minimum Gasteiger partial charge on any atom is -0.480 e. The van der Waals surface area contributed by atoms with Gasteiger partial charge in [0, 0.05) is 0 Å². The average molecular weight is 219 g/mol. The molecule has 0 saturated heterocycles. The summed E-state index contributed by atoms with van der Waals surface area (Å²) in [4.78, 5) is 10.1. The fourth-order valence-electron chi connectivity index (χ4n) is 3.15. The van der Waals surface area contributed by atoms with E-state index in [0.717, 1.165) is 6.42 Å². The SMILES string of the molecule is CC1(C)CC(C)(C)CC(Cl)(C(=O)O)C1. The lowest BCUT2D eigenvalue weighted by molar-refractivity contribution is -0.144. The Labute approximate surface area is 90.6 Å². The van der Waals surface area contributed by atoms with Crippen molar-refractivity contribution in [3.8, 4) is 0 Å². The van der Waals surface area contributed by atoms with E-state index in [-0.39, 0.29) is 10.8 Å². The second-order valence-corrected chi connectivity index (χ2v) is 6.85. The van der Waals surface area contributed by atoms with Crippen LogP contribution in [0.4, 0.5) is 0 Å². The summed E-state index contributed by atoms with van der Waals surface area (Å²) in [7, 11) is 0. The number of alkyl halides is 1.